The molecule has 1 heterocycles. The number of aromatic amines is 1. The van der Waals surface area contributed by atoms with Gasteiger partial charge in [-0.3, -0.25) is 0 Å². The van der Waals surface area contributed by atoms with E-state index >= 15 is 0 Å². The summed E-state index contributed by atoms with van der Waals surface area (Å²) in [6, 6.07) is 4.16. The van der Waals surface area contributed by atoms with Crippen molar-refractivity contribution in [2.24, 2.45) is 0 Å². The average molecular weight is 237 g/mol. The molecule has 2 rings (SSSR count). The zero-order valence-electron chi connectivity index (χ0n) is 10.1. The molecule has 1 aromatic heterocycles. The fourth-order valence-corrected chi connectivity index (χ4v) is 1.99. The number of fused-ring (bicyclic) bond motifs is 1. The minimum Gasteiger partial charge on any atom is -0.342 e. The molecule has 86 valence electrons. The Morgan fingerprint density at radius 3 is 2.38 bits per heavy atom. The van der Waals surface area contributed by atoms with E-state index in [2.05, 4.69) is 43.7 Å². The maximum atomic E-state index is 6.24. The summed E-state index contributed by atoms with van der Waals surface area (Å²) in [5, 5.41) is 0.740. The Hall–Kier alpha value is -1.02. The van der Waals surface area contributed by atoms with Crippen molar-refractivity contribution in [3.63, 3.8) is 0 Å². The SMILES string of the molecule is CC(C)c1cc(Cl)c2nc(C(C)C)[nH]c2c1. The lowest BCUT2D eigenvalue weighted by atomic mass is 10.0. The molecule has 0 amide bonds. The number of halogens is 1. The Labute approximate surface area is 101 Å². The van der Waals surface area contributed by atoms with Gasteiger partial charge in [0.05, 0.1) is 10.5 Å². The van der Waals surface area contributed by atoms with Crippen LogP contribution in [-0.4, -0.2) is 9.97 Å². The second-order valence-corrected chi connectivity index (χ2v) is 5.24. The molecule has 3 heteroatoms. The van der Waals surface area contributed by atoms with Crippen molar-refractivity contribution >= 4 is 22.6 Å². The van der Waals surface area contributed by atoms with Gasteiger partial charge in [0.2, 0.25) is 0 Å². The maximum Gasteiger partial charge on any atom is 0.109 e. The summed E-state index contributed by atoms with van der Waals surface area (Å²) >= 11 is 6.24. The van der Waals surface area contributed by atoms with Gasteiger partial charge in [-0.1, -0.05) is 39.3 Å². The van der Waals surface area contributed by atoms with Gasteiger partial charge in [0.15, 0.2) is 0 Å². The van der Waals surface area contributed by atoms with Crippen LogP contribution in [0.5, 0.6) is 0 Å². The summed E-state index contributed by atoms with van der Waals surface area (Å²) in [4.78, 5) is 7.86. The predicted molar refractivity (Wildman–Crippen MR) is 69.3 cm³/mol. The van der Waals surface area contributed by atoms with Gasteiger partial charge in [-0.2, -0.15) is 0 Å². The van der Waals surface area contributed by atoms with Crippen molar-refractivity contribution in [2.45, 2.75) is 39.5 Å². The summed E-state index contributed by atoms with van der Waals surface area (Å²) in [5.74, 6) is 1.87. The van der Waals surface area contributed by atoms with Gasteiger partial charge in [-0.25, -0.2) is 4.98 Å². The van der Waals surface area contributed by atoms with Crippen molar-refractivity contribution in [1.29, 1.82) is 0 Å². The van der Waals surface area contributed by atoms with E-state index < -0.39 is 0 Å². The van der Waals surface area contributed by atoms with Gasteiger partial charge in [0.25, 0.3) is 0 Å². The summed E-state index contributed by atoms with van der Waals surface area (Å²) in [5.41, 5.74) is 3.17. The molecule has 0 spiro atoms. The van der Waals surface area contributed by atoms with Crippen LogP contribution in [0.25, 0.3) is 11.0 Å². The number of H-pyrrole nitrogens is 1. The average Bonchev–Trinajstić information content (AvgIpc) is 2.61. The Morgan fingerprint density at radius 1 is 1.12 bits per heavy atom. The zero-order chi connectivity index (χ0) is 11.9. The van der Waals surface area contributed by atoms with Crippen LogP contribution in [0.3, 0.4) is 0 Å². The molecule has 0 fully saturated rings. The highest BCUT2D eigenvalue weighted by molar-refractivity contribution is 6.35. The van der Waals surface area contributed by atoms with Gasteiger partial charge in [0.1, 0.15) is 11.3 Å². The molecular formula is C13H17ClN2. The van der Waals surface area contributed by atoms with E-state index in [0.29, 0.717) is 11.8 Å². The van der Waals surface area contributed by atoms with E-state index in [0.717, 1.165) is 21.9 Å². The molecule has 0 aliphatic carbocycles. The normalized spacial score (nSPS) is 11.9. The molecule has 2 aromatic rings. The van der Waals surface area contributed by atoms with Crippen molar-refractivity contribution in [3.05, 3.63) is 28.5 Å². The van der Waals surface area contributed by atoms with Crippen molar-refractivity contribution in [3.8, 4) is 0 Å². The first-order valence-corrected chi connectivity index (χ1v) is 6.06. The molecular weight excluding hydrogens is 220 g/mol. The molecule has 0 atom stereocenters. The van der Waals surface area contributed by atoms with Crippen molar-refractivity contribution < 1.29 is 0 Å². The fraction of sp³-hybridized carbons (Fsp3) is 0.462. The van der Waals surface area contributed by atoms with Crippen LogP contribution in [-0.2, 0) is 0 Å². The van der Waals surface area contributed by atoms with Crippen LogP contribution in [0.1, 0.15) is 50.9 Å². The minimum atomic E-state index is 0.394. The summed E-state index contributed by atoms with van der Waals surface area (Å²) in [6.07, 6.45) is 0. The molecule has 0 aliphatic rings. The van der Waals surface area contributed by atoms with Crippen LogP contribution in [0, 0.1) is 0 Å². The first-order valence-electron chi connectivity index (χ1n) is 5.68. The molecule has 0 saturated heterocycles. The molecule has 1 aromatic carbocycles. The Balaban J connectivity index is 2.63. The van der Waals surface area contributed by atoms with Gasteiger partial charge >= 0.3 is 0 Å². The number of hydrogen-bond acceptors (Lipinski definition) is 1. The highest BCUT2D eigenvalue weighted by atomic mass is 35.5. The number of nitrogens with zero attached hydrogens (tertiary/aromatic N) is 1. The summed E-state index contributed by atoms with van der Waals surface area (Å²) < 4.78 is 0. The first kappa shape index (κ1) is 11.5. The third-order valence-corrected chi connectivity index (χ3v) is 3.08. The van der Waals surface area contributed by atoms with E-state index in [9.17, 15) is 0 Å². The van der Waals surface area contributed by atoms with Crippen LogP contribution >= 0.6 is 11.6 Å². The molecule has 0 aliphatic heterocycles. The number of hydrogen-bond donors (Lipinski definition) is 1. The number of nitrogens with one attached hydrogen (secondary N) is 1. The second kappa shape index (κ2) is 4.10. The van der Waals surface area contributed by atoms with Gasteiger partial charge < -0.3 is 4.98 Å². The van der Waals surface area contributed by atoms with Gasteiger partial charge in [-0.05, 0) is 23.6 Å². The molecule has 0 radical (unpaired) electrons. The van der Waals surface area contributed by atoms with Crippen molar-refractivity contribution in [2.75, 3.05) is 0 Å². The minimum absolute atomic E-state index is 0.394. The highest BCUT2D eigenvalue weighted by Gasteiger charge is 2.11. The smallest absolute Gasteiger partial charge is 0.109 e. The second-order valence-electron chi connectivity index (χ2n) is 4.83. The Kier molecular flexibility index (Phi) is 2.94. The number of imidazole rings is 1. The van der Waals surface area contributed by atoms with E-state index in [1.165, 1.54) is 5.56 Å². The fourth-order valence-electron chi connectivity index (χ4n) is 1.72. The number of rotatable bonds is 2. The summed E-state index contributed by atoms with van der Waals surface area (Å²) in [7, 11) is 0. The lowest BCUT2D eigenvalue weighted by Crippen LogP contribution is -1.88. The molecule has 0 unspecified atom stereocenters. The lowest BCUT2D eigenvalue weighted by Gasteiger charge is -2.05. The predicted octanol–water partition coefficient (Wildman–Crippen LogP) is 4.46. The maximum absolute atomic E-state index is 6.24. The van der Waals surface area contributed by atoms with E-state index in [-0.39, 0.29) is 0 Å². The Morgan fingerprint density at radius 2 is 1.81 bits per heavy atom. The van der Waals surface area contributed by atoms with Crippen LogP contribution in [0.2, 0.25) is 5.02 Å². The standard InChI is InChI=1S/C13H17ClN2/c1-7(2)9-5-10(14)12-11(6-9)15-13(16-12)8(3)4/h5-8H,1-4H3,(H,15,16). The van der Waals surface area contributed by atoms with E-state index in [1.54, 1.807) is 0 Å². The van der Waals surface area contributed by atoms with Crippen LogP contribution in [0.15, 0.2) is 12.1 Å². The monoisotopic (exact) mass is 236 g/mol. The lowest BCUT2D eigenvalue weighted by molar-refractivity contribution is 0.799. The third kappa shape index (κ3) is 1.94. The van der Waals surface area contributed by atoms with Crippen LogP contribution < -0.4 is 0 Å². The number of benzene rings is 1. The zero-order valence-corrected chi connectivity index (χ0v) is 10.9. The highest BCUT2D eigenvalue weighted by Crippen LogP contribution is 2.28. The van der Waals surface area contributed by atoms with Crippen molar-refractivity contribution in [1.82, 2.24) is 9.97 Å². The Bertz CT molecular complexity index is 512. The van der Waals surface area contributed by atoms with E-state index in [4.69, 9.17) is 11.6 Å². The molecule has 2 nitrogen and oxygen atoms in total. The topological polar surface area (TPSA) is 28.7 Å². The quantitative estimate of drug-likeness (QED) is 0.819. The molecule has 0 bridgehead atoms. The summed E-state index contributed by atoms with van der Waals surface area (Å²) in [6.45, 7) is 8.57. The first-order chi connectivity index (χ1) is 7.49. The van der Waals surface area contributed by atoms with Crippen LogP contribution in [0.4, 0.5) is 0 Å². The van der Waals surface area contributed by atoms with E-state index in [1.807, 2.05) is 6.07 Å². The number of aromatic nitrogens is 2. The third-order valence-electron chi connectivity index (χ3n) is 2.79. The van der Waals surface area contributed by atoms with Gasteiger partial charge in [0, 0.05) is 5.92 Å². The molecule has 16 heavy (non-hydrogen) atoms. The largest absolute Gasteiger partial charge is 0.342 e. The van der Waals surface area contributed by atoms with Gasteiger partial charge in [-0.15, -0.1) is 0 Å². The molecule has 0 saturated carbocycles. The molecule has 1 N–H and O–H groups in total.